The number of benzene rings is 1. The van der Waals surface area contributed by atoms with Crippen molar-refractivity contribution in [3.63, 3.8) is 0 Å². The molecule has 5 heteroatoms. The molecule has 0 aromatic heterocycles. The van der Waals surface area contributed by atoms with Gasteiger partial charge in [-0.25, -0.2) is 0 Å². The van der Waals surface area contributed by atoms with Gasteiger partial charge < -0.3 is 9.84 Å². The van der Waals surface area contributed by atoms with Crippen LogP contribution in [-0.2, 0) is 10.9 Å². The Labute approximate surface area is 96.3 Å². The van der Waals surface area contributed by atoms with Crippen LogP contribution in [0, 0.1) is 0 Å². The van der Waals surface area contributed by atoms with Gasteiger partial charge in [-0.05, 0) is 17.7 Å². The fraction of sp³-hybridized carbons (Fsp3) is 0.333. The predicted molar refractivity (Wildman–Crippen MR) is 55.3 cm³/mol. The zero-order valence-electron chi connectivity index (χ0n) is 8.82. The van der Waals surface area contributed by atoms with Gasteiger partial charge in [0.2, 0.25) is 0 Å². The molecule has 2 atom stereocenters. The maximum Gasteiger partial charge on any atom is 0.416 e. The lowest BCUT2D eigenvalue weighted by molar-refractivity contribution is -0.137. The van der Waals surface area contributed by atoms with Crippen LogP contribution >= 0.6 is 0 Å². The summed E-state index contributed by atoms with van der Waals surface area (Å²) in [5.41, 5.74) is -0.164. The van der Waals surface area contributed by atoms with Gasteiger partial charge in [-0.3, -0.25) is 0 Å². The maximum atomic E-state index is 12.5. The molecular formula is C12H11F3O2. The molecule has 0 amide bonds. The number of aliphatic hydroxyl groups excluding tert-OH is 1. The van der Waals surface area contributed by atoms with Gasteiger partial charge in [-0.1, -0.05) is 24.3 Å². The minimum atomic E-state index is -4.33. The molecule has 2 nitrogen and oxygen atoms in total. The van der Waals surface area contributed by atoms with Crippen molar-refractivity contribution in [3.05, 3.63) is 47.5 Å². The summed E-state index contributed by atoms with van der Waals surface area (Å²) in [6.45, 7) is -0.102. The van der Waals surface area contributed by atoms with Gasteiger partial charge in [0.1, 0.15) is 12.2 Å². The highest BCUT2D eigenvalue weighted by Gasteiger charge is 2.39. The Balaban J connectivity index is 2.11. The number of hydrogen-bond donors (Lipinski definition) is 1. The van der Waals surface area contributed by atoms with E-state index in [4.69, 9.17) is 9.84 Å². The second-order valence-corrected chi connectivity index (χ2v) is 3.76. The van der Waals surface area contributed by atoms with Gasteiger partial charge in [0, 0.05) is 0 Å². The summed E-state index contributed by atoms with van der Waals surface area (Å²) in [6.07, 6.45) is -1.74. The number of epoxide rings is 1. The summed E-state index contributed by atoms with van der Waals surface area (Å²) < 4.78 is 42.6. The topological polar surface area (TPSA) is 32.8 Å². The molecule has 0 spiro atoms. The van der Waals surface area contributed by atoms with Gasteiger partial charge >= 0.3 is 6.18 Å². The molecule has 1 heterocycles. The van der Waals surface area contributed by atoms with Crippen LogP contribution in [0.15, 0.2) is 36.4 Å². The van der Waals surface area contributed by atoms with Crippen molar-refractivity contribution in [1.82, 2.24) is 0 Å². The van der Waals surface area contributed by atoms with Crippen molar-refractivity contribution >= 4 is 0 Å². The van der Waals surface area contributed by atoms with E-state index < -0.39 is 11.7 Å². The zero-order chi connectivity index (χ0) is 12.5. The summed E-state index contributed by atoms with van der Waals surface area (Å²) in [7, 11) is 0. The smallest absolute Gasteiger partial charge is 0.392 e. The highest BCUT2D eigenvalue weighted by atomic mass is 19.4. The molecule has 1 aliphatic rings. The van der Waals surface area contributed by atoms with Crippen LogP contribution in [0.25, 0.3) is 0 Å². The molecule has 1 fully saturated rings. The number of halogens is 3. The summed E-state index contributed by atoms with van der Waals surface area (Å²) in [6, 6.07) is 5.10. The van der Waals surface area contributed by atoms with Crippen molar-refractivity contribution in [2.24, 2.45) is 0 Å². The first-order chi connectivity index (χ1) is 8.02. The number of aliphatic hydroxyl groups is 1. The van der Waals surface area contributed by atoms with Crippen LogP contribution in [0.4, 0.5) is 13.2 Å². The third-order valence-electron chi connectivity index (χ3n) is 2.50. The fourth-order valence-electron chi connectivity index (χ4n) is 1.63. The lowest BCUT2D eigenvalue weighted by Crippen LogP contribution is -2.05. The van der Waals surface area contributed by atoms with Gasteiger partial charge in [-0.15, -0.1) is 0 Å². The monoisotopic (exact) mass is 244 g/mol. The van der Waals surface area contributed by atoms with Crippen molar-refractivity contribution in [2.75, 3.05) is 6.61 Å². The first-order valence-corrected chi connectivity index (χ1v) is 5.12. The van der Waals surface area contributed by atoms with E-state index in [0.29, 0.717) is 5.56 Å². The summed E-state index contributed by atoms with van der Waals surface area (Å²) in [4.78, 5) is 0. The molecule has 1 saturated heterocycles. The van der Waals surface area contributed by atoms with Crippen molar-refractivity contribution in [3.8, 4) is 0 Å². The molecule has 0 saturated carbocycles. The zero-order valence-corrected chi connectivity index (χ0v) is 8.82. The van der Waals surface area contributed by atoms with E-state index in [2.05, 4.69) is 0 Å². The Bertz CT molecular complexity index is 426. The molecule has 0 bridgehead atoms. The number of hydrogen-bond acceptors (Lipinski definition) is 2. The Morgan fingerprint density at radius 1 is 1.35 bits per heavy atom. The van der Waals surface area contributed by atoms with Crippen molar-refractivity contribution < 1.29 is 23.0 Å². The Kier molecular flexibility index (Phi) is 3.22. The van der Waals surface area contributed by atoms with Crippen LogP contribution < -0.4 is 0 Å². The Hall–Kier alpha value is -1.33. The molecule has 92 valence electrons. The highest BCUT2D eigenvalue weighted by molar-refractivity contribution is 5.31. The van der Waals surface area contributed by atoms with E-state index in [1.54, 1.807) is 12.1 Å². The second kappa shape index (κ2) is 4.50. The van der Waals surface area contributed by atoms with Crippen LogP contribution in [0.1, 0.15) is 17.2 Å². The summed E-state index contributed by atoms with van der Waals surface area (Å²) in [5, 5.41) is 8.56. The van der Waals surface area contributed by atoms with E-state index in [9.17, 15) is 13.2 Å². The third kappa shape index (κ3) is 2.87. The SMILES string of the molecule is OC/C=C/[C@H]1O[C@@H]1c1cccc(C(F)(F)F)c1. The average molecular weight is 244 g/mol. The van der Waals surface area contributed by atoms with Gasteiger partial charge in [0.05, 0.1) is 12.2 Å². The number of ether oxygens (including phenoxy) is 1. The van der Waals surface area contributed by atoms with Crippen molar-refractivity contribution in [1.29, 1.82) is 0 Å². The first-order valence-electron chi connectivity index (χ1n) is 5.12. The molecule has 17 heavy (non-hydrogen) atoms. The van der Waals surface area contributed by atoms with E-state index in [0.717, 1.165) is 12.1 Å². The molecule has 0 aliphatic carbocycles. The molecular weight excluding hydrogens is 233 g/mol. The largest absolute Gasteiger partial charge is 0.416 e. The van der Waals surface area contributed by atoms with E-state index >= 15 is 0 Å². The lowest BCUT2D eigenvalue weighted by atomic mass is 10.1. The molecule has 1 aliphatic heterocycles. The third-order valence-corrected chi connectivity index (χ3v) is 2.50. The van der Waals surface area contributed by atoms with Crippen LogP contribution in [0.5, 0.6) is 0 Å². The number of rotatable bonds is 3. The maximum absolute atomic E-state index is 12.5. The molecule has 1 aromatic carbocycles. The predicted octanol–water partition coefficient (Wildman–Crippen LogP) is 2.69. The van der Waals surface area contributed by atoms with Crippen LogP contribution in [0.3, 0.4) is 0 Å². The highest BCUT2D eigenvalue weighted by Crippen LogP contribution is 2.41. The quantitative estimate of drug-likeness (QED) is 0.655. The normalized spacial score (nSPS) is 24.2. The number of alkyl halides is 3. The molecule has 1 N–H and O–H groups in total. The molecule has 0 unspecified atom stereocenters. The fourth-order valence-corrected chi connectivity index (χ4v) is 1.63. The minimum Gasteiger partial charge on any atom is -0.392 e. The minimum absolute atomic E-state index is 0.102. The van der Waals surface area contributed by atoms with Crippen molar-refractivity contribution in [2.45, 2.75) is 18.4 Å². The lowest BCUT2D eigenvalue weighted by Gasteiger charge is -2.07. The average Bonchev–Trinajstić information content (AvgIpc) is 3.05. The molecule has 2 rings (SSSR count). The standard InChI is InChI=1S/C12H11F3O2/c13-12(14,15)9-4-1-3-8(7-9)11-10(17-11)5-2-6-16/h1-5,7,10-11,16H,6H2/b5-2+/t10-,11-/m1/s1. The summed E-state index contributed by atoms with van der Waals surface area (Å²) >= 11 is 0. The molecule has 0 radical (unpaired) electrons. The second-order valence-electron chi connectivity index (χ2n) is 3.76. The van der Waals surface area contributed by atoms with E-state index in [1.807, 2.05) is 0 Å². The van der Waals surface area contributed by atoms with Crippen LogP contribution in [-0.4, -0.2) is 17.8 Å². The summed E-state index contributed by atoms with van der Waals surface area (Å²) in [5.74, 6) is 0. The van der Waals surface area contributed by atoms with Gasteiger partial charge in [0.25, 0.3) is 0 Å². The van der Waals surface area contributed by atoms with Crippen LogP contribution in [0.2, 0.25) is 0 Å². The first kappa shape index (κ1) is 12.1. The Morgan fingerprint density at radius 3 is 2.76 bits per heavy atom. The van der Waals surface area contributed by atoms with Gasteiger partial charge in [-0.2, -0.15) is 13.2 Å². The Morgan fingerprint density at radius 2 is 2.12 bits per heavy atom. The molecule has 1 aromatic rings. The van der Waals surface area contributed by atoms with E-state index in [-0.39, 0.29) is 18.8 Å². The van der Waals surface area contributed by atoms with Gasteiger partial charge in [0.15, 0.2) is 0 Å². The van der Waals surface area contributed by atoms with E-state index in [1.165, 1.54) is 12.1 Å².